The van der Waals surface area contributed by atoms with E-state index in [1.54, 1.807) is 24.3 Å². The largest absolute Gasteiger partial charge is 0.452 e. The van der Waals surface area contributed by atoms with Gasteiger partial charge < -0.3 is 14.8 Å². The number of rotatable bonds is 7. The zero-order valence-electron chi connectivity index (χ0n) is 14.4. The molecule has 0 saturated carbocycles. The van der Waals surface area contributed by atoms with Crippen LogP contribution in [0, 0.1) is 11.6 Å². The van der Waals surface area contributed by atoms with Crippen LogP contribution in [0.4, 0.5) is 14.5 Å². The number of carbonyl (C=O) groups excluding carboxylic acids is 2. The topological polar surface area (TPSA) is 64.6 Å². The maximum Gasteiger partial charge on any atom is 0.338 e. The van der Waals surface area contributed by atoms with E-state index < -0.39 is 30.1 Å². The molecule has 26 heavy (non-hydrogen) atoms. The Morgan fingerprint density at radius 2 is 1.73 bits per heavy atom. The van der Waals surface area contributed by atoms with Gasteiger partial charge in [0.1, 0.15) is 0 Å². The summed E-state index contributed by atoms with van der Waals surface area (Å²) in [6.45, 7) is 3.74. The smallest absolute Gasteiger partial charge is 0.338 e. The van der Waals surface area contributed by atoms with Crippen LogP contribution in [-0.2, 0) is 20.9 Å². The van der Waals surface area contributed by atoms with Crippen molar-refractivity contribution in [3.8, 4) is 0 Å². The first-order valence-corrected chi connectivity index (χ1v) is 7.97. The lowest BCUT2D eigenvalue weighted by molar-refractivity contribution is -0.119. The number of hydrogen-bond donors (Lipinski definition) is 1. The molecule has 0 aliphatic rings. The Morgan fingerprint density at radius 3 is 2.35 bits per heavy atom. The van der Waals surface area contributed by atoms with Crippen LogP contribution in [0.1, 0.15) is 29.8 Å². The van der Waals surface area contributed by atoms with Crippen LogP contribution in [0.15, 0.2) is 42.5 Å². The number of anilines is 1. The van der Waals surface area contributed by atoms with Gasteiger partial charge in [0.2, 0.25) is 0 Å². The van der Waals surface area contributed by atoms with Gasteiger partial charge in [0, 0.05) is 11.8 Å². The Labute approximate surface area is 149 Å². The number of esters is 1. The van der Waals surface area contributed by atoms with Crippen molar-refractivity contribution in [1.82, 2.24) is 0 Å². The van der Waals surface area contributed by atoms with Crippen molar-refractivity contribution in [2.24, 2.45) is 0 Å². The van der Waals surface area contributed by atoms with Crippen molar-refractivity contribution in [3.63, 3.8) is 0 Å². The fraction of sp³-hybridized carbons (Fsp3) is 0.263. The fourth-order valence-corrected chi connectivity index (χ4v) is 1.99. The molecular weight excluding hydrogens is 344 g/mol. The molecule has 1 amide bonds. The van der Waals surface area contributed by atoms with Crippen molar-refractivity contribution in [1.29, 1.82) is 0 Å². The maximum atomic E-state index is 13.1. The van der Waals surface area contributed by atoms with Crippen LogP contribution in [0.2, 0.25) is 0 Å². The zero-order chi connectivity index (χ0) is 19.1. The van der Waals surface area contributed by atoms with Crippen molar-refractivity contribution in [3.05, 3.63) is 65.2 Å². The van der Waals surface area contributed by atoms with E-state index in [1.807, 2.05) is 13.8 Å². The van der Waals surface area contributed by atoms with Gasteiger partial charge in [-0.15, -0.1) is 0 Å². The molecule has 0 aliphatic heterocycles. The lowest BCUT2D eigenvalue weighted by Gasteiger charge is -2.09. The predicted octanol–water partition coefficient (Wildman–Crippen LogP) is 3.69. The molecule has 0 aliphatic carbocycles. The Balaban J connectivity index is 1.83. The number of amides is 1. The molecular formula is C19H19F2NO4. The van der Waals surface area contributed by atoms with E-state index in [1.165, 1.54) is 6.07 Å². The van der Waals surface area contributed by atoms with E-state index in [2.05, 4.69) is 5.32 Å². The molecule has 2 rings (SSSR count). The number of halogens is 2. The molecule has 2 aromatic rings. The lowest BCUT2D eigenvalue weighted by atomic mass is 10.1. The van der Waals surface area contributed by atoms with Crippen molar-refractivity contribution >= 4 is 17.6 Å². The summed E-state index contributed by atoms with van der Waals surface area (Å²) in [5.74, 6) is -3.42. The second-order valence-corrected chi connectivity index (χ2v) is 5.81. The number of ether oxygens (including phenoxy) is 2. The van der Waals surface area contributed by atoms with E-state index in [9.17, 15) is 18.4 Å². The summed E-state index contributed by atoms with van der Waals surface area (Å²) in [6, 6.07) is 9.56. The van der Waals surface area contributed by atoms with E-state index in [-0.39, 0.29) is 11.8 Å². The fourth-order valence-electron chi connectivity index (χ4n) is 1.99. The molecule has 7 heteroatoms. The normalized spacial score (nSPS) is 10.7. The molecule has 0 atom stereocenters. The van der Waals surface area contributed by atoms with Crippen LogP contribution in [0.5, 0.6) is 0 Å². The summed E-state index contributed by atoms with van der Waals surface area (Å²) in [4.78, 5) is 23.7. The van der Waals surface area contributed by atoms with Crippen LogP contribution < -0.4 is 5.32 Å². The molecule has 0 spiro atoms. The zero-order valence-corrected chi connectivity index (χ0v) is 14.4. The summed E-state index contributed by atoms with van der Waals surface area (Å²) in [5, 5.41) is 2.31. The number of hydrogen-bond acceptors (Lipinski definition) is 4. The quantitative estimate of drug-likeness (QED) is 0.762. The van der Waals surface area contributed by atoms with Gasteiger partial charge in [-0.3, -0.25) is 4.79 Å². The minimum atomic E-state index is -1.08. The molecule has 0 heterocycles. The molecule has 0 aromatic heterocycles. The Kier molecular flexibility index (Phi) is 6.80. The molecule has 0 bridgehead atoms. The Bertz CT molecular complexity index is 776. The van der Waals surface area contributed by atoms with Crippen LogP contribution in [-0.4, -0.2) is 24.6 Å². The number of nitrogens with one attached hydrogen (secondary N) is 1. The predicted molar refractivity (Wildman–Crippen MR) is 91.6 cm³/mol. The highest BCUT2D eigenvalue weighted by molar-refractivity contribution is 5.95. The van der Waals surface area contributed by atoms with E-state index in [4.69, 9.17) is 9.47 Å². The van der Waals surface area contributed by atoms with Crippen molar-refractivity contribution in [2.45, 2.75) is 26.6 Å². The van der Waals surface area contributed by atoms with E-state index in [0.717, 1.165) is 17.7 Å². The number of benzene rings is 2. The molecule has 2 aromatic carbocycles. The monoisotopic (exact) mass is 363 g/mol. The first-order valence-electron chi connectivity index (χ1n) is 7.97. The van der Waals surface area contributed by atoms with Crippen LogP contribution >= 0.6 is 0 Å². The van der Waals surface area contributed by atoms with Gasteiger partial charge in [-0.2, -0.15) is 0 Å². The van der Waals surface area contributed by atoms with Gasteiger partial charge in [-0.05, 0) is 43.7 Å². The third-order valence-electron chi connectivity index (χ3n) is 3.31. The lowest BCUT2D eigenvalue weighted by Crippen LogP contribution is -2.21. The van der Waals surface area contributed by atoms with Crippen LogP contribution in [0.3, 0.4) is 0 Å². The van der Waals surface area contributed by atoms with Gasteiger partial charge in [0.25, 0.3) is 5.91 Å². The third kappa shape index (κ3) is 5.93. The van der Waals surface area contributed by atoms with Gasteiger partial charge >= 0.3 is 5.97 Å². The second-order valence-electron chi connectivity index (χ2n) is 5.81. The molecule has 1 N–H and O–H groups in total. The maximum absolute atomic E-state index is 13.1. The molecule has 0 unspecified atom stereocenters. The summed E-state index contributed by atoms with van der Waals surface area (Å²) in [6.07, 6.45) is 0.104. The third-order valence-corrected chi connectivity index (χ3v) is 3.31. The van der Waals surface area contributed by atoms with E-state index in [0.29, 0.717) is 12.2 Å². The standard InChI is InChI=1S/C19H19F2NO4/c1-12(2)25-10-13-3-5-14(6-4-13)19(24)26-11-18(23)22-15-7-8-16(20)17(21)9-15/h3-9,12H,10-11H2,1-2H3,(H,22,23). The summed E-state index contributed by atoms with van der Waals surface area (Å²) in [7, 11) is 0. The van der Waals surface area contributed by atoms with Crippen LogP contribution in [0.25, 0.3) is 0 Å². The van der Waals surface area contributed by atoms with Gasteiger partial charge in [0.05, 0.1) is 18.3 Å². The molecule has 0 radical (unpaired) electrons. The number of carbonyl (C=O) groups is 2. The minimum absolute atomic E-state index is 0.0689. The Morgan fingerprint density at radius 1 is 1.04 bits per heavy atom. The summed E-state index contributed by atoms with van der Waals surface area (Å²) < 4.78 is 36.3. The first-order chi connectivity index (χ1) is 12.3. The molecule has 0 fully saturated rings. The molecule has 138 valence electrons. The van der Waals surface area contributed by atoms with Crippen molar-refractivity contribution in [2.75, 3.05) is 11.9 Å². The highest BCUT2D eigenvalue weighted by Crippen LogP contribution is 2.13. The average molecular weight is 363 g/mol. The average Bonchev–Trinajstić information content (AvgIpc) is 2.61. The molecule has 5 nitrogen and oxygen atoms in total. The Hall–Kier alpha value is -2.80. The highest BCUT2D eigenvalue weighted by Gasteiger charge is 2.11. The molecule has 0 saturated heterocycles. The van der Waals surface area contributed by atoms with Gasteiger partial charge in [-0.25, -0.2) is 13.6 Å². The van der Waals surface area contributed by atoms with Gasteiger partial charge in [0.15, 0.2) is 18.2 Å². The second kappa shape index (κ2) is 9.05. The summed E-state index contributed by atoms with van der Waals surface area (Å²) >= 11 is 0. The summed E-state index contributed by atoms with van der Waals surface area (Å²) in [5.41, 5.74) is 1.27. The van der Waals surface area contributed by atoms with Gasteiger partial charge in [-0.1, -0.05) is 12.1 Å². The SMILES string of the molecule is CC(C)OCc1ccc(C(=O)OCC(=O)Nc2ccc(F)c(F)c2)cc1. The minimum Gasteiger partial charge on any atom is -0.452 e. The van der Waals surface area contributed by atoms with E-state index >= 15 is 0 Å². The van der Waals surface area contributed by atoms with Crippen molar-refractivity contribution < 1.29 is 27.8 Å². The highest BCUT2D eigenvalue weighted by atomic mass is 19.2. The first kappa shape index (κ1) is 19.5.